The van der Waals surface area contributed by atoms with Crippen LogP contribution < -0.4 is 16.2 Å². The van der Waals surface area contributed by atoms with E-state index >= 15 is 0 Å². The minimum absolute atomic E-state index is 0.0399. The van der Waals surface area contributed by atoms with Crippen LogP contribution in [-0.4, -0.2) is 42.0 Å². The van der Waals surface area contributed by atoms with Gasteiger partial charge in [-0.25, -0.2) is 15.2 Å². The SMILES string of the molecule is O=C(NC1CCN(C2CC2)CC1)C1CC(c2ccc(F)cc2)NN1. The summed E-state index contributed by atoms with van der Waals surface area (Å²) in [5.74, 6) is -0.173. The maximum atomic E-state index is 13.0. The molecule has 1 saturated carbocycles. The van der Waals surface area contributed by atoms with Crippen molar-refractivity contribution >= 4 is 5.91 Å². The fraction of sp³-hybridized carbons (Fsp3) is 0.611. The van der Waals surface area contributed by atoms with E-state index in [9.17, 15) is 9.18 Å². The molecule has 0 radical (unpaired) electrons. The molecule has 2 atom stereocenters. The molecule has 1 aromatic carbocycles. The van der Waals surface area contributed by atoms with E-state index in [-0.39, 0.29) is 23.8 Å². The maximum Gasteiger partial charge on any atom is 0.238 e. The summed E-state index contributed by atoms with van der Waals surface area (Å²) < 4.78 is 13.0. The van der Waals surface area contributed by atoms with Gasteiger partial charge in [-0.2, -0.15) is 0 Å². The number of likely N-dealkylation sites (tertiary alicyclic amines) is 1. The van der Waals surface area contributed by atoms with Gasteiger partial charge < -0.3 is 10.2 Å². The summed E-state index contributed by atoms with van der Waals surface area (Å²) in [5.41, 5.74) is 7.23. The number of carbonyl (C=O) groups is 1. The molecule has 1 aromatic rings. The average molecular weight is 332 g/mol. The molecule has 5 nitrogen and oxygen atoms in total. The third-order valence-electron chi connectivity index (χ3n) is 5.43. The summed E-state index contributed by atoms with van der Waals surface area (Å²) in [7, 11) is 0. The minimum Gasteiger partial charge on any atom is -0.352 e. The van der Waals surface area contributed by atoms with Gasteiger partial charge in [-0.05, 0) is 49.8 Å². The number of piperidine rings is 1. The smallest absolute Gasteiger partial charge is 0.238 e. The molecule has 4 rings (SSSR count). The van der Waals surface area contributed by atoms with E-state index in [2.05, 4.69) is 21.1 Å². The molecule has 0 bridgehead atoms. The van der Waals surface area contributed by atoms with Gasteiger partial charge in [0.25, 0.3) is 0 Å². The highest BCUT2D eigenvalue weighted by atomic mass is 19.1. The highest BCUT2D eigenvalue weighted by Gasteiger charge is 2.34. The highest BCUT2D eigenvalue weighted by Crippen LogP contribution is 2.29. The van der Waals surface area contributed by atoms with E-state index in [4.69, 9.17) is 0 Å². The van der Waals surface area contributed by atoms with Gasteiger partial charge in [-0.15, -0.1) is 0 Å². The van der Waals surface area contributed by atoms with Crippen LogP contribution in [0.3, 0.4) is 0 Å². The molecule has 1 amide bonds. The van der Waals surface area contributed by atoms with Gasteiger partial charge in [0.05, 0.1) is 0 Å². The fourth-order valence-electron chi connectivity index (χ4n) is 3.79. The van der Waals surface area contributed by atoms with Crippen molar-refractivity contribution in [2.75, 3.05) is 13.1 Å². The zero-order valence-electron chi connectivity index (χ0n) is 13.8. The van der Waals surface area contributed by atoms with Crippen molar-refractivity contribution in [3.8, 4) is 0 Å². The molecule has 2 heterocycles. The van der Waals surface area contributed by atoms with Crippen LogP contribution in [0.15, 0.2) is 24.3 Å². The highest BCUT2D eigenvalue weighted by molar-refractivity contribution is 5.82. The Hall–Kier alpha value is -1.50. The van der Waals surface area contributed by atoms with Crippen molar-refractivity contribution in [2.45, 2.75) is 56.3 Å². The van der Waals surface area contributed by atoms with Crippen molar-refractivity contribution in [1.82, 2.24) is 21.1 Å². The largest absolute Gasteiger partial charge is 0.352 e. The second kappa shape index (κ2) is 6.78. The topological polar surface area (TPSA) is 56.4 Å². The molecule has 3 aliphatic rings. The van der Waals surface area contributed by atoms with Gasteiger partial charge in [0.1, 0.15) is 11.9 Å². The number of nitrogens with zero attached hydrogens (tertiary/aromatic N) is 1. The maximum absolute atomic E-state index is 13.0. The molecule has 1 aliphatic carbocycles. The number of hydrazine groups is 1. The molecule has 24 heavy (non-hydrogen) atoms. The Morgan fingerprint density at radius 2 is 1.79 bits per heavy atom. The van der Waals surface area contributed by atoms with Crippen molar-refractivity contribution in [3.05, 3.63) is 35.6 Å². The normalized spacial score (nSPS) is 28.9. The lowest BCUT2D eigenvalue weighted by Gasteiger charge is -2.32. The third kappa shape index (κ3) is 3.61. The summed E-state index contributed by atoms with van der Waals surface area (Å²) in [6.07, 6.45) is 5.46. The van der Waals surface area contributed by atoms with Crippen molar-refractivity contribution in [1.29, 1.82) is 0 Å². The van der Waals surface area contributed by atoms with E-state index in [0.717, 1.165) is 37.5 Å². The average Bonchev–Trinajstić information content (AvgIpc) is 3.33. The monoisotopic (exact) mass is 332 g/mol. The van der Waals surface area contributed by atoms with Crippen LogP contribution >= 0.6 is 0 Å². The summed E-state index contributed by atoms with van der Waals surface area (Å²) in [6, 6.07) is 7.36. The second-order valence-corrected chi connectivity index (χ2v) is 7.23. The molecule has 3 fully saturated rings. The molecule has 2 saturated heterocycles. The Morgan fingerprint density at radius 3 is 2.46 bits per heavy atom. The van der Waals surface area contributed by atoms with Crippen molar-refractivity contribution in [3.63, 3.8) is 0 Å². The molecule has 6 heteroatoms. The fourth-order valence-corrected chi connectivity index (χ4v) is 3.79. The Bertz CT molecular complexity index is 581. The van der Waals surface area contributed by atoms with E-state index in [0.29, 0.717) is 12.5 Å². The van der Waals surface area contributed by atoms with Gasteiger partial charge in [0.15, 0.2) is 0 Å². The van der Waals surface area contributed by atoms with E-state index in [1.165, 1.54) is 25.0 Å². The zero-order chi connectivity index (χ0) is 16.5. The number of amides is 1. The van der Waals surface area contributed by atoms with Crippen molar-refractivity contribution < 1.29 is 9.18 Å². The number of nitrogens with one attached hydrogen (secondary N) is 3. The van der Waals surface area contributed by atoms with Crippen LogP contribution in [0.1, 0.15) is 43.7 Å². The molecular weight excluding hydrogens is 307 g/mol. The second-order valence-electron chi connectivity index (χ2n) is 7.23. The summed E-state index contributed by atoms with van der Waals surface area (Å²) in [5, 5.41) is 3.19. The van der Waals surface area contributed by atoms with Crippen LogP contribution in [-0.2, 0) is 4.79 Å². The van der Waals surface area contributed by atoms with Gasteiger partial charge in [0, 0.05) is 31.2 Å². The molecule has 130 valence electrons. The molecule has 3 N–H and O–H groups in total. The van der Waals surface area contributed by atoms with E-state index in [1.807, 2.05) is 0 Å². The first-order chi connectivity index (χ1) is 11.7. The molecule has 0 spiro atoms. The lowest BCUT2D eigenvalue weighted by molar-refractivity contribution is -0.123. The number of carbonyl (C=O) groups excluding carboxylic acids is 1. The number of hydrogen-bond donors (Lipinski definition) is 3. The molecule has 0 aromatic heterocycles. The first kappa shape index (κ1) is 16.0. The quantitative estimate of drug-likeness (QED) is 0.782. The number of hydrogen-bond acceptors (Lipinski definition) is 4. The first-order valence-corrected chi connectivity index (χ1v) is 9.00. The summed E-state index contributed by atoms with van der Waals surface area (Å²) in [6.45, 7) is 2.20. The first-order valence-electron chi connectivity index (χ1n) is 9.00. The molecule has 2 unspecified atom stereocenters. The third-order valence-corrected chi connectivity index (χ3v) is 5.43. The Labute approximate surface area is 141 Å². The molecular formula is C18H25FN4O. The van der Waals surface area contributed by atoms with Crippen LogP contribution in [0.25, 0.3) is 0 Å². The Kier molecular flexibility index (Phi) is 4.52. The Morgan fingerprint density at radius 1 is 1.08 bits per heavy atom. The van der Waals surface area contributed by atoms with Gasteiger partial charge in [-0.3, -0.25) is 4.79 Å². The summed E-state index contributed by atoms with van der Waals surface area (Å²) >= 11 is 0. The van der Waals surface area contributed by atoms with Crippen LogP contribution in [0.2, 0.25) is 0 Å². The zero-order valence-corrected chi connectivity index (χ0v) is 13.8. The lowest BCUT2D eigenvalue weighted by Crippen LogP contribution is -2.50. The molecule has 2 aliphatic heterocycles. The number of rotatable bonds is 4. The minimum atomic E-state index is -0.239. The predicted octanol–water partition coefficient (Wildman–Crippen LogP) is 1.48. The van der Waals surface area contributed by atoms with Crippen LogP contribution in [0, 0.1) is 5.82 Å². The number of benzene rings is 1. The predicted molar refractivity (Wildman–Crippen MR) is 89.6 cm³/mol. The number of halogens is 1. The summed E-state index contributed by atoms with van der Waals surface area (Å²) in [4.78, 5) is 15.0. The van der Waals surface area contributed by atoms with Gasteiger partial charge >= 0.3 is 0 Å². The van der Waals surface area contributed by atoms with E-state index < -0.39 is 0 Å². The Balaban J connectivity index is 1.26. The lowest BCUT2D eigenvalue weighted by atomic mass is 10.0. The van der Waals surface area contributed by atoms with Gasteiger partial charge in [-0.1, -0.05) is 12.1 Å². The van der Waals surface area contributed by atoms with Gasteiger partial charge in [0.2, 0.25) is 5.91 Å². The van der Waals surface area contributed by atoms with E-state index in [1.54, 1.807) is 12.1 Å². The van der Waals surface area contributed by atoms with Crippen molar-refractivity contribution in [2.24, 2.45) is 0 Å². The van der Waals surface area contributed by atoms with Crippen LogP contribution in [0.5, 0.6) is 0 Å². The standard InChI is InChI=1S/C18H25FN4O/c19-13-3-1-12(2-4-13)16-11-17(22-21-16)18(24)20-14-7-9-23(10-8-14)15-5-6-15/h1-4,14-17,21-22H,5-11H2,(H,20,24). The van der Waals surface area contributed by atoms with Crippen LogP contribution in [0.4, 0.5) is 4.39 Å².